The third-order valence-electron chi connectivity index (χ3n) is 3.50. The number of rotatable bonds is 4. The highest BCUT2D eigenvalue weighted by molar-refractivity contribution is 9.10. The molecule has 1 aliphatic heterocycles. The van der Waals surface area contributed by atoms with Crippen molar-refractivity contribution in [2.75, 3.05) is 18.4 Å². The van der Waals surface area contributed by atoms with E-state index in [1.54, 1.807) is 0 Å². The molecular weight excluding hydrogens is 306 g/mol. The van der Waals surface area contributed by atoms with Crippen molar-refractivity contribution in [2.24, 2.45) is 5.92 Å². The maximum absolute atomic E-state index is 11.9. The van der Waals surface area contributed by atoms with Gasteiger partial charge in [0.1, 0.15) is 4.60 Å². The summed E-state index contributed by atoms with van der Waals surface area (Å²) in [4.78, 5) is 16.2. The monoisotopic (exact) mass is 325 g/mol. The summed E-state index contributed by atoms with van der Waals surface area (Å²) >= 11 is 3.31. The molecule has 1 saturated heterocycles. The summed E-state index contributed by atoms with van der Waals surface area (Å²) in [5.41, 5.74) is 1.64. The lowest BCUT2D eigenvalue weighted by molar-refractivity contribution is -0.116. The highest BCUT2D eigenvalue weighted by Crippen LogP contribution is 2.19. The van der Waals surface area contributed by atoms with E-state index in [-0.39, 0.29) is 5.91 Å². The first kappa shape index (κ1) is 14.5. The molecule has 4 nitrogen and oxygen atoms in total. The molecule has 1 aliphatic rings. The molecule has 1 aromatic heterocycles. The summed E-state index contributed by atoms with van der Waals surface area (Å²) in [7, 11) is 0. The number of aryl methyl sites for hydroxylation is 1. The quantitative estimate of drug-likeness (QED) is 0.837. The van der Waals surface area contributed by atoms with Crippen molar-refractivity contribution in [3.05, 3.63) is 22.4 Å². The van der Waals surface area contributed by atoms with Gasteiger partial charge in [-0.1, -0.05) is 0 Å². The molecule has 0 radical (unpaired) electrons. The minimum atomic E-state index is 0.0813. The number of carbonyl (C=O) groups is 1. The first-order valence-electron chi connectivity index (χ1n) is 6.79. The Morgan fingerprint density at radius 2 is 2.42 bits per heavy atom. The number of aromatic nitrogens is 1. The van der Waals surface area contributed by atoms with Gasteiger partial charge < -0.3 is 10.6 Å². The highest BCUT2D eigenvalue weighted by atomic mass is 79.9. The Morgan fingerprint density at radius 3 is 3.11 bits per heavy atom. The van der Waals surface area contributed by atoms with E-state index >= 15 is 0 Å². The summed E-state index contributed by atoms with van der Waals surface area (Å²) < 4.78 is 0.788. The van der Waals surface area contributed by atoms with E-state index in [9.17, 15) is 4.79 Å². The van der Waals surface area contributed by atoms with Crippen molar-refractivity contribution in [1.29, 1.82) is 0 Å². The summed E-state index contributed by atoms with van der Waals surface area (Å²) in [6.07, 6.45) is 4.00. The molecule has 0 aromatic carbocycles. The Balaban J connectivity index is 1.80. The van der Waals surface area contributed by atoms with Gasteiger partial charge in [0.05, 0.1) is 11.4 Å². The van der Waals surface area contributed by atoms with Gasteiger partial charge in [-0.2, -0.15) is 0 Å². The van der Waals surface area contributed by atoms with Crippen LogP contribution in [0, 0.1) is 12.8 Å². The van der Waals surface area contributed by atoms with E-state index in [0.29, 0.717) is 12.3 Å². The Morgan fingerprint density at radius 1 is 1.58 bits per heavy atom. The first-order valence-corrected chi connectivity index (χ1v) is 7.58. The van der Waals surface area contributed by atoms with Crippen LogP contribution in [0.15, 0.2) is 16.7 Å². The molecule has 2 heterocycles. The minimum absolute atomic E-state index is 0.0813. The van der Waals surface area contributed by atoms with Crippen LogP contribution < -0.4 is 10.6 Å². The Labute approximate surface area is 122 Å². The molecule has 0 spiro atoms. The van der Waals surface area contributed by atoms with Gasteiger partial charge in [-0.05, 0) is 73.3 Å². The fourth-order valence-electron chi connectivity index (χ4n) is 2.38. The van der Waals surface area contributed by atoms with Crippen LogP contribution in [-0.4, -0.2) is 24.0 Å². The van der Waals surface area contributed by atoms with Crippen molar-refractivity contribution >= 4 is 27.5 Å². The van der Waals surface area contributed by atoms with E-state index in [0.717, 1.165) is 35.5 Å². The number of amides is 1. The molecule has 0 aliphatic carbocycles. The number of nitrogens with zero attached hydrogens (tertiary/aromatic N) is 1. The van der Waals surface area contributed by atoms with Crippen LogP contribution in [0.2, 0.25) is 0 Å². The van der Waals surface area contributed by atoms with Crippen molar-refractivity contribution in [2.45, 2.75) is 32.6 Å². The lowest BCUT2D eigenvalue weighted by Gasteiger charge is -2.22. The van der Waals surface area contributed by atoms with E-state index in [2.05, 4.69) is 31.5 Å². The number of hydrogen-bond donors (Lipinski definition) is 2. The largest absolute Gasteiger partial charge is 0.325 e. The van der Waals surface area contributed by atoms with Crippen LogP contribution in [0.3, 0.4) is 0 Å². The third-order valence-corrected chi connectivity index (χ3v) is 3.95. The molecular formula is C14H20BrN3O. The van der Waals surface area contributed by atoms with Crippen molar-refractivity contribution < 1.29 is 4.79 Å². The molecule has 104 valence electrons. The fourth-order valence-corrected chi connectivity index (χ4v) is 2.78. The number of piperidine rings is 1. The fraction of sp³-hybridized carbons (Fsp3) is 0.571. The van der Waals surface area contributed by atoms with Crippen molar-refractivity contribution in [3.8, 4) is 0 Å². The third kappa shape index (κ3) is 4.58. The zero-order chi connectivity index (χ0) is 13.7. The maximum Gasteiger partial charge on any atom is 0.224 e. The first-order chi connectivity index (χ1) is 9.15. The molecule has 1 atom stereocenters. The molecule has 19 heavy (non-hydrogen) atoms. The molecule has 0 saturated carbocycles. The van der Waals surface area contributed by atoms with Crippen LogP contribution in [0.1, 0.15) is 31.4 Å². The maximum atomic E-state index is 11.9. The van der Waals surface area contributed by atoms with Gasteiger partial charge in [-0.15, -0.1) is 0 Å². The van der Waals surface area contributed by atoms with Gasteiger partial charge >= 0.3 is 0 Å². The predicted molar refractivity (Wildman–Crippen MR) is 80.1 cm³/mol. The van der Waals surface area contributed by atoms with Crippen LogP contribution in [-0.2, 0) is 4.79 Å². The van der Waals surface area contributed by atoms with Gasteiger partial charge in [-0.3, -0.25) is 4.79 Å². The molecule has 1 fully saturated rings. The standard InChI is InChI=1S/C14H20BrN3O/c1-10-12(5-6-13(15)17-10)18-14(19)7-4-11-3-2-8-16-9-11/h5-6,11,16H,2-4,7-9H2,1H3,(H,18,19). The Hall–Kier alpha value is -0.940. The van der Waals surface area contributed by atoms with Crippen LogP contribution in [0.5, 0.6) is 0 Å². The summed E-state index contributed by atoms with van der Waals surface area (Å²) in [6, 6.07) is 3.72. The summed E-state index contributed by atoms with van der Waals surface area (Å²) in [5, 5.41) is 6.31. The second-order valence-corrected chi connectivity index (χ2v) is 5.88. The van der Waals surface area contributed by atoms with E-state index in [1.807, 2.05) is 19.1 Å². The number of pyridine rings is 1. The number of carbonyl (C=O) groups excluding carboxylic acids is 1. The highest BCUT2D eigenvalue weighted by Gasteiger charge is 2.14. The average Bonchev–Trinajstić information content (AvgIpc) is 2.41. The molecule has 1 amide bonds. The van der Waals surface area contributed by atoms with Crippen LogP contribution >= 0.6 is 15.9 Å². The molecule has 5 heteroatoms. The van der Waals surface area contributed by atoms with E-state index in [1.165, 1.54) is 12.8 Å². The number of anilines is 1. The van der Waals surface area contributed by atoms with E-state index in [4.69, 9.17) is 0 Å². The second-order valence-electron chi connectivity index (χ2n) is 5.07. The van der Waals surface area contributed by atoms with Crippen molar-refractivity contribution in [3.63, 3.8) is 0 Å². The summed E-state index contributed by atoms with van der Waals surface area (Å²) in [6.45, 7) is 4.06. The lowest BCUT2D eigenvalue weighted by atomic mass is 9.94. The van der Waals surface area contributed by atoms with Gasteiger partial charge in [0, 0.05) is 6.42 Å². The smallest absolute Gasteiger partial charge is 0.224 e. The SMILES string of the molecule is Cc1nc(Br)ccc1NC(=O)CCC1CCCNC1. The van der Waals surface area contributed by atoms with Crippen LogP contribution in [0.25, 0.3) is 0 Å². The molecule has 1 unspecified atom stereocenters. The average molecular weight is 326 g/mol. The van der Waals surface area contributed by atoms with Crippen molar-refractivity contribution in [1.82, 2.24) is 10.3 Å². The Kier molecular flexibility index (Phi) is 5.34. The lowest BCUT2D eigenvalue weighted by Crippen LogP contribution is -2.30. The molecule has 1 aromatic rings. The normalized spacial score (nSPS) is 19.2. The minimum Gasteiger partial charge on any atom is -0.325 e. The van der Waals surface area contributed by atoms with Gasteiger partial charge in [0.15, 0.2) is 0 Å². The zero-order valence-electron chi connectivity index (χ0n) is 11.2. The number of nitrogens with one attached hydrogen (secondary N) is 2. The van der Waals surface area contributed by atoms with Gasteiger partial charge in [0.25, 0.3) is 0 Å². The molecule has 2 rings (SSSR count). The van der Waals surface area contributed by atoms with Gasteiger partial charge in [-0.25, -0.2) is 4.98 Å². The van der Waals surface area contributed by atoms with Crippen LogP contribution in [0.4, 0.5) is 5.69 Å². The van der Waals surface area contributed by atoms with E-state index < -0.39 is 0 Å². The number of halogens is 1. The zero-order valence-corrected chi connectivity index (χ0v) is 12.8. The topological polar surface area (TPSA) is 54.0 Å². The Bertz CT molecular complexity index is 444. The molecule has 0 bridgehead atoms. The second kappa shape index (κ2) is 7.01. The predicted octanol–water partition coefficient (Wildman–Crippen LogP) is 2.87. The molecule has 2 N–H and O–H groups in total. The summed E-state index contributed by atoms with van der Waals surface area (Å²) in [5.74, 6) is 0.724. The van der Waals surface area contributed by atoms with Gasteiger partial charge in [0.2, 0.25) is 5.91 Å². The number of hydrogen-bond acceptors (Lipinski definition) is 3.